The minimum atomic E-state index is 0.545. The third-order valence-corrected chi connectivity index (χ3v) is 3.24. The molecule has 0 aromatic carbocycles. The lowest BCUT2D eigenvalue weighted by Gasteiger charge is -2.31. The number of hydrogen-bond donors (Lipinski definition) is 1. The summed E-state index contributed by atoms with van der Waals surface area (Å²) in [7, 11) is 1.85. The van der Waals surface area contributed by atoms with Crippen LogP contribution in [-0.2, 0) is 4.74 Å². The van der Waals surface area contributed by atoms with Crippen molar-refractivity contribution in [1.82, 2.24) is 5.32 Å². The molecule has 2 rings (SSSR count). The first-order valence-electron chi connectivity index (χ1n) is 4.65. The van der Waals surface area contributed by atoms with Crippen molar-refractivity contribution in [2.24, 2.45) is 11.8 Å². The van der Waals surface area contributed by atoms with Crippen LogP contribution in [0.3, 0.4) is 0 Å². The van der Waals surface area contributed by atoms with Crippen LogP contribution >= 0.6 is 0 Å². The summed E-state index contributed by atoms with van der Waals surface area (Å²) in [6, 6.07) is 0. The summed E-state index contributed by atoms with van der Waals surface area (Å²) in [5.74, 6) is 1.72. The molecule has 0 bridgehead atoms. The number of rotatable bonds is 1. The summed E-state index contributed by atoms with van der Waals surface area (Å²) in [4.78, 5) is 0. The van der Waals surface area contributed by atoms with E-state index in [1.54, 1.807) is 0 Å². The van der Waals surface area contributed by atoms with Crippen molar-refractivity contribution in [3.05, 3.63) is 0 Å². The second-order valence-corrected chi connectivity index (χ2v) is 3.79. The molecule has 3 unspecified atom stereocenters. The molecule has 1 aliphatic carbocycles. The smallest absolute Gasteiger partial charge is 0.0614 e. The highest BCUT2D eigenvalue weighted by Crippen LogP contribution is 2.33. The van der Waals surface area contributed by atoms with Crippen molar-refractivity contribution in [2.45, 2.75) is 25.4 Å². The Kier molecular flexibility index (Phi) is 2.14. The Labute approximate surface area is 68.3 Å². The van der Waals surface area contributed by atoms with Crippen LogP contribution in [0.5, 0.6) is 0 Å². The first-order valence-corrected chi connectivity index (χ1v) is 4.65. The molecular weight excluding hydrogens is 138 g/mol. The van der Waals surface area contributed by atoms with Gasteiger partial charge in [0, 0.05) is 19.6 Å². The van der Waals surface area contributed by atoms with E-state index in [4.69, 9.17) is 4.74 Å². The SMILES string of the molecule is COC1CCCC2CNCC21. The third-order valence-electron chi connectivity index (χ3n) is 3.24. The number of hydrogen-bond acceptors (Lipinski definition) is 2. The Morgan fingerprint density at radius 2 is 2.18 bits per heavy atom. The van der Waals surface area contributed by atoms with E-state index in [1.807, 2.05) is 7.11 Å². The molecule has 2 heteroatoms. The highest BCUT2D eigenvalue weighted by Gasteiger charge is 2.36. The molecule has 1 N–H and O–H groups in total. The fourth-order valence-electron chi connectivity index (χ4n) is 2.59. The summed E-state index contributed by atoms with van der Waals surface area (Å²) in [5.41, 5.74) is 0. The summed E-state index contributed by atoms with van der Waals surface area (Å²) in [5, 5.41) is 3.45. The van der Waals surface area contributed by atoms with Gasteiger partial charge in [-0.25, -0.2) is 0 Å². The van der Waals surface area contributed by atoms with Crippen molar-refractivity contribution in [1.29, 1.82) is 0 Å². The minimum Gasteiger partial charge on any atom is -0.381 e. The number of fused-ring (bicyclic) bond motifs is 1. The summed E-state index contributed by atoms with van der Waals surface area (Å²) in [6.07, 6.45) is 4.60. The molecule has 1 saturated heterocycles. The van der Waals surface area contributed by atoms with Crippen LogP contribution in [0.25, 0.3) is 0 Å². The van der Waals surface area contributed by atoms with Gasteiger partial charge in [-0.05, 0) is 25.3 Å². The predicted molar refractivity (Wildman–Crippen MR) is 44.5 cm³/mol. The van der Waals surface area contributed by atoms with Crippen LogP contribution in [0.15, 0.2) is 0 Å². The minimum absolute atomic E-state index is 0.545. The quantitative estimate of drug-likeness (QED) is 0.610. The van der Waals surface area contributed by atoms with Crippen LogP contribution in [0.1, 0.15) is 19.3 Å². The Bertz CT molecular complexity index is 138. The highest BCUT2D eigenvalue weighted by atomic mass is 16.5. The third kappa shape index (κ3) is 1.30. The largest absolute Gasteiger partial charge is 0.381 e. The van der Waals surface area contributed by atoms with Crippen LogP contribution in [0, 0.1) is 11.8 Å². The number of ether oxygens (including phenoxy) is 1. The van der Waals surface area contributed by atoms with Crippen LogP contribution in [0.4, 0.5) is 0 Å². The highest BCUT2D eigenvalue weighted by molar-refractivity contribution is 4.89. The van der Waals surface area contributed by atoms with Crippen molar-refractivity contribution in [3.8, 4) is 0 Å². The van der Waals surface area contributed by atoms with E-state index in [0.717, 1.165) is 11.8 Å². The Morgan fingerprint density at radius 1 is 1.27 bits per heavy atom. The van der Waals surface area contributed by atoms with Gasteiger partial charge in [-0.3, -0.25) is 0 Å². The van der Waals surface area contributed by atoms with Crippen molar-refractivity contribution in [3.63, 3.8) is 0 Å². The van der Waals surface area contributed by atoms with Gasteiger partial charge in [-0.2, -0.15) is 0 Å². The molecule has 2 nitrogen and oxygen atoms in total. The monoisotopic (exact) mass is 155 g/mol. The van der Waals surface area contributed by atoms with Crippen LogP contribution in [-0.4, -0.2) is 26.3 Å². The van der Waals surface area contributed by atoms with E-state index < -0.39 is 0 Å². The van der Waals surface area contributed by atoms with Gasteiger partial charge in [0.25, 0.3) is 0 Å². The molecule has 11 heavy (non-hydrogen) atoms. The molecule has 0 aromatic rings. The molecule has 0 radical (unpaired) electrons. The second kappa shape index (κ2) is 3.11. The van der Waals surface area contributed by atoms with Crippen LogP contribution < -0.4 is 5.32 Å². The van der Waals surface area contributed by atoms with Crippen molar-refractivity contribution < 1.29 is 4.74 Å². The van der Waals surface area contributed by atoms with E-state index in [-0.39, 0.29) is 0 Å². The van der Waals surface area contributed by atoms with E-state index in [9.17, 15) is 0 Å². The molecule has 1 aliphatic heterocycles. The first-order chi connectivity index (χ1) is 5.42. The summed E-state index contributed by atoms with van der Waals surface area (Å²) >= 11 is 0. The molecule has 0 spiro atoms. The van der Waals surface area contributed by atoms with Gasteiger partial charge in [-0.1, -0.05) is 6.42 Å². The molecule has 3 atom stereocenters. The molecule has 1 saturated carbocycles. The van der Waals surface area contributed by atoms with Crippen LogP contribution in [0.2, 0.25) is 0 Å². The summed E-state index contributed by atoms with van der Waals surface area (Å²) < 4.78 is 5.47. The van der Waals surface area contributed by atoms with Gasteiger partial charge < -0.3 is 10.1 Å². The maximum absolute atomic E-state index is 5.47. The van der Waals surface area contributed by atoms with E-state index >= 15 is 0 Å². The lowest BCUT2D eigenvalue weighted by Crippen LogP contribution is -2.32. The number of methoxy groups -OCH3 is 1. The molecule has 2 fully saturated rings. The van der Waals surface area contributed by atoms with E-state index in [0.29, 0.717) is 6.10 Å². The Morgan fingerprint density at radius 3 is 3.00 bits per heavy atom. The lowest BCUT2D eigenvalue weighted by molar-refractivity contribution is 0.0138. The molecule has 1 heterocycles. The number of nitrogens with one attached hydrogen (secondary N) is 1. The fraction of sp³-hybridized carbons (Fsp3) is 1.00. The zero-order valence-corrected chi connectivity index (χ0v) is 7.18. The molecular formula is C9H17NO. The van der Waals surface area contributed by atoms with E-state index in [1.165, 1.54) is 32.4 Å². The Hall–Kier alpha value is -0.0800. The normalized spacial score (nSPS) is 43.9. The van der Waals surface area contributed by atoms with Gasteiger partial charge in [-0.15, -0.1) is 0 Å². The Balaban J connectivity index is 2.00. The van der Waals surface area contributed by atoms with Gasteiger partial charge in [0.15, 0.2) is 0 Å². The average Bonchev–Trinajstić information content (AvgIpc) is 2.50. The summed E-state index contributed by atoms with van der Waals surface area (Å²) in [6.45, 7) is 2.41. The standard InChI is InChI=1S/C9H17NO/c1-11-9-4-2-3-7-5-10-6-8(7)9/h7-10H,2-6H2,1H3. The zero-order valence-electron chi connectivity index (χ0n) is 7.18. The van der Waals surface area contributed by atoms with Gasteiger partial charge >= 0.3 is 0 Å². The molecule has 0 aromatic heterocycles. The maximum Gasteiger partial charge on any atom is 0.0614 e. The van der Waals surface area contributed by atoms with E-state index in [2.05, 4.69) is 5.32 Å². The van der Waals surface area contributed by atoms with Gasteiger partial charge in [0.1, 0.15) is 0 Å². The molecule has 0 amide bonds. The molecule has 64 valence electrons. The molecule has 2 aliphatic rings. The zero-order chi connectivity index (χ0) is 7.68. The topological polar surface area (TPSA) is 21.3 Å². The van der Waals surface area contributed by atoms with Gasteiger partial charge in [0.2, 0.25) is 0 Å². The second-order valence-electron chi connectivity index (χ2n) is 3.79. The maximum atomic E-state index is 5.47. The lowest BCUT2D eigenvalue weighted by atomic mass is 9.79. The predicted octanol–water partition coefficient (Wildman–Crippen LogP) is 1.02. The van der Waals surface area contributed by atoms with Crippen molar-refractivity contribution in [2.75, 3.05) is 20.2 Å². The first kappa shape index (κ1) is 7.56. The fourth-order valence-corrected chi connectivity index (χ4v) is 2.59. The van der Waals surface area contributed by atoms with Gasteiger partial charge in [0.05, 0.1) is 6.10 Å². The average molecular weight is 155 g/mol. The van der Waals surface area contributed by atoms with Crippen molar-refractivity contribution >= 4 is 0 Å².